The highest BCUT2D eigenvalue weighted by atomic mass is 16.6. The molecule has 0 aromatic rings. The predicted molar refractivity (Wildman–Crippen MR) is 77.4 cm³/mol. The van der Waals surface area contributed by atoms with E-state index >= 15 is 0 Å². The van der Waals surface area contributed by atoms with Gasteiger partial charge in [0.25, 0.3) is 0 Å². The Kier molecular flexibility index (Phi) is 6.58. The SMILES string of the molecule is CNCCCN1CCCN(C(=O)OC(C)(C)C)CC1. The van der Waals surface area contributed by atoms with Crippen molar-refractivity contribution in [3.05, 3.63) is 0 Å². The molecule has 0 atom stereocenters. The lowest BCUT2D eigenvalue weighted by Gasteiger charge is -2.26. The fourth-order valence-corrected chi connectivity index (χ4v) is 2.18. The topological polar surface area (TPSA) is 44.8 Å². The zero-order chi connectivity index (χ0) is 14.3. The van der Waals surface area contributed by atoms with Crippen LogP contribution in [-0.2, 0) is 4.74 Å². The van der Waals surface area contributed by atoms with Gasteiger partial charge in [-0.05, 0) is 60.3 Å². The molecule has 5 heteroatoms. The maximum atomic E-state index is 12.0. The summed E-state index contributed by atoms with van der Waals surface area (Å²) in [6.45, 7) is 11.5. The highest BCUT2D eigenvalue weighted by molar-refractivity contribution is 5.68. The second-order valence-corrected chi connectivity index (χ2v) is 6.12. The Morgan fingerprint density at radius 2 is 1.95 bits per heavy atom. The summed E-state index contributed by atoms with van der Waals surface area (Å²) in [4.78, 5) is 16.3. The van der Waals surface area contributed by atoms with Crippen LogP contribution in [0.2, 0.25) is 0 Å². The van der Waals surface area contributed by atoms with Crippen molar-refractivity contribution in [2.24, 2.45) is 0 Å². The molecule has 1 saturated heterocycles. The van der Waals surface area contributed by atoms with Gasteiger partial charge in [-0.15, -0.1) is 0 Å². The van der Waals surface area contributed by atoms with Crippen molar-refractivity contribution in [1.82, 2.24) is 15.1 Å². The number of nitrogens with zero attached hydrogens (tertiary/aromatic N) is 2. The van der Waals surface area contributed by atoms with Crippen LogP contribution in [0.1, 0.15) is 33.6 Å². The molecule has 1 fully saturated rings. The molecule has 1 amide bonds. The number of carbonyl (C=O) groups excluding carboxylic acids is 1. The molecule has 0 aromatic heterocycles. The van der Waals surface area contributed by atoms with Crippen LogP contribution in [0.25, 0.3) is 0 Å². The van der Waals surface area contributed by atoms with E-state index in [0.717, 1.165) is 52.1 Å². The third-order valence-electron chi connectivity index (χ3n) is 3.14. The van der Waals surface area contributed by atoms with Crippen molar-refractivity contribution in [1.29, 1.82) is 0 Å². The zero-order valence-corrected chi connectivity index (χ0v) is 12.9. The molecule has 19 heavy (non-hydrogen) atoms. The van der Waals surface area contributed by atoms with E-state index in [0.29, 0.717) is 0 Å². The van der Waals surface area contributed by atoms with E-state index in [4.69, 9.17) is 4.74 Å². The number of hydrogen-bond acceptors (Lipinski definition) is 4. The Bertz CT molecular complexity index is 276. The summed E-state index contributed by atoms with van der Waals surface area (Å²) in [5, 5.41) is 3.16. The van der Waals surface area contributed by atoms with E-state index in [1.54, 1.807) is 0 Å². The van der Waals surface area contributed by atoms with Crippen LogP contribution in [0.4, 0.5) is 4.79 Å². The lowest BCUT2D eigenvalue weighted by Crippen LogP contribution is -2.39. The standard InChI is InChI=1S/C14H29N3O2/c1-14(2,3)19-13(18)17-10-6-9-16(11-12-17)8-5-7-15-4/h15H,5-12H2,1-4H3. The molecule has 112 valence electrons. The van der Waals surface area contributed by atoms with Gasteiger partial charge in [0.2, 0.25) is 0 Å². The molecule has 1 rings (SSSR count). The lowest BCUT2D eigenvalue weighted by molar-refractivity contribution is 0.0257. The highest BCUT2D eigenvalue weighted by Crippen LogP contribution is 2.12. The molecule has 1 aliphatic heterocycles. The van der Waals surface area contributed by atoms with E-state index in [-0.39, 0.29) is 6.09 Å². The molecule has 0 unspecified atom stereocenters. The van der Waals surface area contributed by atoms with Crippen LogP contribution in [-0.4, -0.2) is 67.8 Å². The van der Waals surface area contributed by atoms with Crippen LogP contribution in [0.3, 0.4) is 0 Å². The summed E-state index contributed by atoms with van der Waals surface area (Å²) in [7, 11) is 1.98. The maximum absolute atomic E-state index is 12.0. The molecular weight excluding hydrogens is 242 g/mol. The molecule has 0 radical (unpaired) electrons. The summed E-state index contributed by atoms with van der Waals surface area (Å²) >= 11 is 0. The predicted octanol–water partition coefficient (Wildman–Crippen LogP) is 1.54. The second-order valence-electron chi connectivity index (χ2n) is 6.12. The van der Waals surface area contributed by atoms with E-state index in [1.165, 1.54) is 0 Å². The molecule has 5 nitrogen and oxygen atoms in total. The Morgan fingerprint density at radius 3 is 2.58 bits per heavy atom. The van der Waals surface area contributed by atoms with E-state index < -0.39 is 5.60 Å². The van der Waals surface area contributed by atoms with Gasteiger partial charge in [-0.3, -0.25) is 0 Å². The molecule has 1 aliphatic rings. The van der Waals surface area contributed by atoms with Gasteiger partial charge in [0.15, 0.2) is 0 Å². The fourth-order valence-electron chi connectivity index (χ4n) is 2.18. The molecule has 0 aliphatic carbocycles. The van der Waals surface area contributed by atoms with Crippen LogP contribution in [0, 0.1) is 0 Å². The second kappa shape index (κ2) is 7.70. The quantitative estimate of drug-likeness (QED) is 0.788. The monoisotopic (exact) mass is 271 g/mol. The number of amides is 1. The number of nitrogens with one attached hydrogen (secondary N) is 1. The summed E-state index contributed by atoms with van der Waals surface area (Å²) in [6.07, 6.45) is 2.01. The zero-order valence-electron chi connectivity index (χ0n) is 12.9. The minimum absolute atomic E-state index is 0.176. The molecule has 0 aromatic carbocycles. The van der Waals surface area contributed by atoms with Crippen molar-refractivity contribution in [3.63, 3.8) is 0 Å². The summed E-state index contributed by atoms with van der Waals surface area (Å²) in [5.41, 5.74) is -0.407. The number of hydrogen-bond donors (Lipinski definition) is 1. The maximum Gasteiger partial charge on any atom is 0.410 e. The first-order chi connectivity index (χ1) is 8.92. The first-order valence-electron chi connectivity index (χ1n) is 7.27. The van der Waals surface area contributed by atoms with Gasteiger partial charge in [0.05, 0.1) is 0 Å². The number of rotatable bonds is 4. The van der Waals surface area contributed by atoms with Crippen molar-refractivity contribution in [3.8, 4) is 0 Å². The molecule has 1 heterocycles. The van der Waals surface area contributed by atoms with Crippen LogP contribution in [0.5, 0.6) is 0 Å². The Morgan fingerprint density at radius 1 is 1.21 bits per heavy atom. The van der Waals surface area contributed by atoms with Gasteiger partial charge in [-0.1, -0.05) is 0 Å². The largest absolute Gasteiger partial charge is 0.444 e. The smallest absolute Gasteiger partial charge is 0.410 e. The van der Waals surface area contributed by atoms with Crippen molar-refractivity contribution in [2.75, 3.05) is 46.3 Å². The van der Waals surface area contributed by atoms with E-state index in [9.17, 15) is 4.79 Å². The van der Waals surface area contributed by atoms with Gasteiger partial charge in [0.1, 0.15) is 5.60 Å². The van der Waals surface area contributed by atoms with Crippen molar-refractivity contribution >= 4 is 6.09 Å². The normalized spacial score (nSPS) is 18.2. The number of ether oxygens (including phenoxy) is 1. The van der Waals surface area contributed by atoms with Gasteiger partial charge >= 0.3 is 6.09 Å². The molecule has 0 saturated carbocycles. The Labute approximate surface area is 117 Å². The average molecular weight is 271 g/mol. The molecule has 0 spiro atoms. The van der Waals surface area contributed by atoms with Crippen LogP contribution >= 0.6 is 0 Å². The van der Waals surface area contributed by atoms with Gasteiger partial charge in [-0.2, -0.15) is 0 Å². The van der Waals surface area contributed by atoms with Crippen molar-refractivity contribution < 1.29 is 9.53 Å². The van der Waals surface area contributed by atoms with Crippen LogP contribution < -0.4 is 5.32 Å². The van der Waals surface area contributed by atoms with Crippen molar-refractivity contribution in [2.45, 2.75) is 39.2 Å². The highest BCUT2D eigenvalue weighted by Gasteiger charge is 2.24. The fraction of sp³-hybridized carbons (Fsp3) is 0.929. The van der Waals surface area contributed by atoms with Gasteiger partial charge in [-0.25, -0.2) is 4.79 Å². The van der Waals surface area contributed by atoms with Crippen LogP contribution in [0.15, 0.2) is 0 Å². The molecule has 0 bridgehead atoms. The third-order valence-corrected chi connectivity index (χ3v) is 3.14. The first-order valence-corrected chi connectivity index (χ1v) is 7.27. The summed E-state index contributed by atoms with van der Waals surface area (Å²) in [6, 6.07) is 0. The first kappa shape index (κ1) is 16.2. The lowest BCUT2D eigenvalue weighted by atomic mass is 10.2. The number of carbonyl (C=O) groups is 1. The van der Waals surface area contributed by atoms with E-state index in [2.05, 4.69) is 10.2 Å². The summed E-state index contributed by atoms with van der Waals surface area (Å²) in [5.74, 6) is 0. The molecule has 1 N–H and O–H groups in total. The van der Waals surface area contributed by atoms with Gasteiger partial charge < -0.3 is 19.9 Å². The Hall–Kier alpha value is -0.810. The average Bonchev–Trinajstić information content (AvgIpc) is 2.53. The third kappa shape index (κ3) is 6.78. The van der Waals surface area contributed by atoms with E-state index in [1.807, 2.05) is 32.7 Å². The Balaban J connectivity index is 2.34. The molecular formula is C14H29N3O2. The van der Waals surface area contributed by atoms with Gasteiger partial charge in [0, 0.05) is 19.6 Å². The minimum Gasteiger partial charge on any atom is -0.444 e. The minimum atomic E-state index is -0.407. The summed E-state index contributed by atoms with van der Waals surface area (Å²) < 4.78 is 5.42.